The van der Waals surface area contributed by atoms with Crippen LogP contribution in [0.2, 0.25) is 0 Å². The van der Waals surface area contributed by atoms with Crippen molar-refractivity contribution in [2.45, 2.75) is 19.3 Å². The smallest absolute Gasteiger partial charge is 0.0171 e. The molecule has 0 heterocycles. The Morgan fingerprint density at radius 3 is 1.30 bits per heavy atom. The second-order valence-electron chi connectivity index (χ2n) is 17.9. The molecular weight excluding hydrogens is 757 g/mol. The van der Waals surface area contributed by atoms with Gasteiger partial charge in [-0.15, -0.1) is 0 Å². The summed E-state index contributed by atoms with van der Waals surface area (Å²) in [6.07, 6.45) is 0. The van der Waals surface area contributed by atoms with Gasteiger partial charge in [0.1, 0.15) is 0 Å². The summed E-state index contributed by atoms with van der Waals surface area (Å²) in [5.74, 6) is 0. The van der Waals surface area contributed by atoms with Crippen molar-refractivity contribution in [1.29, 1.82) is 0 Å². The molecular formula is C63H42. The normalized spacial score (nSPS) is 13.0. The molecule has 0 aromatic heterocycles. The van der Waals surface area contributed by atoms with Crippen LogP contribution in [0.25, 0.3) is 120 Å². The third-order valence-electron chi connectivity index (χ3n) is 14.2. The summed E-state index contributed by atoms with van der Waals surface area (Å²) in [7, 11) is 0. The average molecular weight is 799 g/mol. The van der Waals surface area contributed by atoms with Crippen LogP contribution < -0.4 is 0 Å². The van der Waals surface area contributed by atoms with Gasteiger partial charge < -0.3 is 0 Å². The van der Waals surface area contributed by atoms with E-state index in [0.29, 0.717) is 0 Å². The molecule has 0 amide bonds. The Kier molecular flexibility index (Phi) is 7.75. The Bertz CT molecular complexity index is 3810. The van der Waals surface area contributed by atoms with Crippen molar-refractivity contribution in [3.63, 3.8) is 0 Å². The molecule has 12 aromatic carbocycles. The molecule has 0 fully saturated rings. The second kappa shape index (κ2) is 13.6. The fourth-order valence-corrected chi connectivity index (χ4v) is 11.6. The Morgan fingerprint density at radius 1 is 0.238 bits per heavy atom. The first-order chi connectivity index (χ1) is 31.0. The highest BCUT2D eigenvalue weighted by Crippen LogP contribution is 2.57. The van der Waals surface area contributed by atoms with Crippen molar-refractivity contribution >= 4 is 64.6 Å². The lowest BCUT2D eigenvalue weighted by atomic mass is 9.76. The van der Waals surface area contributed by atoms with Gasteiger partial charge in [0.05, 0.1) is 0 Å². The lowest BCUT2D eigenvalue weighted by Gasteiger charge is -2.26. The van der Waals surface area contributed by atoms with Crippen LogP contribution in [0.3, 0.4) is 0 Å². The Balaban J connectivity index is 0.963. The van der Waals surface area contributed by atoms with Crippen LogP contribution in [-0.2, 0) is 5.41 Å². The van der Waals surface area contributed by atoms with E-state index in [4.69, 9.17) is 0 Å². The van der Waals surface area contributed by atoms with E-state index in [1.165, 1.54) is 131 Å². The van der Waals surface area contributed by atoms with Crippen molar-refractivity contribution in [1.82, 2.24) is 0 Å². The van der Waals surface area contributed by atoms with Gasteiger partial charge in [-0.2, -0.15) is 0 Å². The first-order valence-corrected chi connectivity index (χ1v) is 22.2. The summed E-state index contributed by atoms with van der Waals surface area (Å²) in [4.78, 5) is 0. The Labute approximate surface area is 367 Å². The number of benzene rings is 12. The Morgan fingerprint density at radius 2 is 0.667 bits per heavy atom. The maximum atomic E-state index is 2.43. The molecule has 0 spiro atoms. The van der Waals surface area contributed by atoms with E-state index < -0.39 is 0 Å². The molecule has 0 N–H and O–H groups in total. The van der Waals surface area contributed by atoms with Gasteiger partial charge in [-0.25, -0.2) is 0 Å². The van der Waals surface area contributed by atoms with E-state index in [1.807, 2.05) is 0 Å². The minimum Gasteiger partial charge on any atom is -0.0616 e. The molecule has 0 atom stereocenters. The predicted octanol–water partition coefficient (Wildman–Crippen LogP) is 17.6. The van der Waals surface area contributed by atoms with Crippen LogP contribution in [0, 0.1) is 0 Å². The molecule has 0 bridgehead atoms. The quantitative estimate of drug-likeness (QED) is 0.123. The summed E-state index contributed by atoms with van der Waals surface area (Å²) < 4.78 is 0. The summed E-state index contributed by atoms with van der Waals surface area (Å²) in [5, 5.41) is 15.5. The SMILES string of the molecule is CC1(C)c2c(-c3ccc(-c4c5ccccc5c(-c5cccc(-c6cc7ccccc7c7ccccc67)c5)c5ccccc45)cc3)cccc2-c2c1c1ccccc1c1ccccc21. The molecule has 1 aliphatic carbocycles. The lowest BCUT2D eigenvalue weighted by molar-refractivity contribution is 0.668. The standard InChI is InChI=1S/C63H42/c1-63(2)61-45(31-16-32-56(61)60-50-25-9-7-22-47(50)48-23-8-14-30-55(48)62(60)63)39-33-35-40(36-34-39)58-51-26-10-12-28-53(51)59(54-29-13-11-27-52(54)58)43-19-15-18-41(37-43)57-38-42-17-3-4-20-44(42)46-21-5-6-24-49(46)57/h3-38H,1-2H3. The largest absolute Gasteiger partial charge is 0.0616 e. The molecule has 12 aromatic rings. The van der Waals surface area contributed by atoms with Gasteiger partial charge in [-0.1, -0.05) is 220 Å². The van der Waals surface area contributed by atoms with Crippen molar-refractivity contribution in [3.05, 3.63) is 230 Å². The first kappa shape index (κ1) is 35.9. The van der Waals surface area contributed by atoms with Crippen LogP contribution in [0.1, 0.15) is 25.0 Å². The van der Waals surface area contributed by atoms with E-state index in [2.05, 4.69) is 232 Å². The van der Waals surface area contributed by atoms with E-state index in [0.717, 1.165) is 0 Å². The van der Waals surface area contributed by atoms with Gasteiger partial charge >= 0.3 is 0 Å². The topological polar surface area (TPSA) is 0 Å². The first-order valence-electron chi connectivity index (χ1n) is 22.2. The van der Waals surface area contributed by atoms with Gasteiger partial charge in [-0.3, -0.25) is 0 Å². The molecule has 0 nitrogen and oxygen atoms in total. The molecule has 0 unspecified atom stereocenters. The number of rotatable bonds is 4. The zero-order valence-corrected chi connectivity index (χ0v) is 35.3. The lowest BCUT2D eigenvalue weighted by Crippen LogP contribution is -2.17. The molecule has 13 rings (SSSR count). The molecule has 294 valence electrons. The maximum Gasteiger partial charge on any atom is 0.0171 e. The second-order valence-corrected chi connectivity index (χ2v) is 17.9. The molecule has 0 saturated carbocycles. The number of fused-ring (bicyclic) bond motifs is 13. The van der Waals surface area contributed by atoms with Gasteiger partial charge in [0.25, 0.3) is 0 Å². The average Bonchev–Trinajstić information content (AvgIpc) is 3.60. The molecule has 63 heavy (non-hydrogen) atoms. The van der Waals surface area contributed by atoms with E-state index in [-0.39, 0.29) is 5.41 Å². The minimum absolute atomic E-state index is 0.190. The monoisotopic (exact) mass is 798 g/mol. The summed E-state index contributed by atoms with van der Waals surface area (Å²) >= 11 is 0. The number of hydrogen-bond acceptors (Lipinski definition) is 0. The van der Waals surface area contributed by atoms with E-state index >= 15 is 0 Å². The summed E-state index contributed by atoms with van der Waals surface area (Å²) in [6, 6.07) is 81.5. The minimum atomic E-state index is -0.190. The molecule has 1 aliphatic rings. The molecule has 0 aliphatic heterocycles. The molecule has 0 radical (unpaired) electrons. The summed E-state index contributed by atoms with van der Waals surface area (Å²) in [6.45, 7) is 4.85. The highest BCUT2D eigenvalue weighted by atomic mass is 14.4. The fraction of sp³-hybridized carbons (Fsp3) is 0.0476. The van der Waals surface area contributed by atoms with Crippen LogP contribution in [-0.4, -0.2) is 0 Å². The van der Waals surface area contributed by atoms with Crippen molar-refractivity contribution < 1.29 is 0 Å². The fourth-order valence-electron chi connectivity index (χ4n) is 11.6. The maximum absolute atomic E-state index is 2.43. The van der Waals surface area contributed by atoms with Gasteiger partial charge in [0, 0.05) is 5.41 Å². The number of hydrogen-bond donors (Lipinski definition) is 0. The van der Waals surface area contributed by atoms with Gasteiger partial charge in [0.15, 0.2) is 0 Å². The predicted molar refractivity (Wildman–Crippen MR) is 271 cm³/mol. The van der Waals surface area contributed by atoms with Crippen molar-refractivity contribution in [2.24, 2.45) is 0 Å². The highest BCUT2D eigenvalue weighted by Gasteiger charge is 2.40. The Hall–Kier alpha value is -7.80. The zero-order chi connectivity index (χ0) is 41.8. The van der Waals surface area contributed by atoms with Crippen molar-refractivity contribution in [3.8, 4) is 55.6 Å². The van der Waals surface area contributed by atoms with Crippen LogP contribution in [0.4, 0.5) is 0 Å². The van der Waals surface area contributed by atoms with Crippen LogP contribution in [0.5, 0.6) is 0 Å². The molecule has 0 heteroatoms. The highest BCUT2D eigenvalue weighted by molar-refractivity contribution is 6.22. The van der Waals surface area contributed by atoms with Crippen LogP contribution in [0.15, 0.2) is 218 Å². The van der Waals surface area contributed by atoms with Crippen LogP contribution >= 0.6 is 0 Å². The molecule has 0 saturated heterocycles. The van der Waals surface area contributed by atoms with E-state index in [9.17, 15) is 0 Å². The van der Waals surface area contributed by atoms with Gasteiger partial charge in [0.2, 0.25) is 0 Å². The third-order valence-corrected chi connectivity index (χ3v) is 14.2. The van der Waals surface area contributed by atoms with Crippen molar-refractivity contribution in [2.75, 3.05) is 0 Å². The van der Waals surface area contributed by atoms with E-state index in [1.54, 1.807) is 0 Å². The zero-order valence-electron chi connectivity index (χ0n) is 35.3. The third kappa shape index (κ3) is 5.22. The van der Waals surface area contributed by atoms with Gasteiger partial charge in [-0.05, 0) is 144 Å². The summed E-state index contributed by atoms with van der Waals surface area (Å²) in [5.41, 5.74) is 15.4.